The summed E-state index contributed by atoms with van der Waals surface area (Å²) in [7, 11) is 3.50. The second-order valence-electron chi connectivity index (χ2n) is 2.03. The second kappa shape index (κ2) is 3.83. The Balaban J connectivity index is 3.10. The van der Waals surface area contributed by atoms with Crippen LogP contribution in [0, 0.1) is 0 Å². The molecule has 0 aliphatic carbocycles. The van der Waals surface area contributed by atoms with E-state index in [1.807, 2.05) is 14.0 Å². The molecule has 0 bridgehead atoms. The number of hydroxylamine groups is 2. The van der Waals surface area contributed by atoms with E-state index in [0.717, 1.165) is 0 Å². The molecule has 1 atom stereocenters. The van der Waals surface area contributed by atoms with Crippen LogP contribution in [0.5, 0.6) is 0 Å². The highest BCUT2D eigenvalue weighted by molar-refractivity contribution is 4.56. The molecule has 0 spiro atoms. The number of hydrogen-bond acceptors (Lipinski definition) is 3. The highest BCUT2D eigenvalue weighted by atomic mass is 16.5. The molecule has 0 aromatic carbocycles. The molecule has 50 valence electrons. The lowest BCUT2D eigenvalue weighted by molar-refractivity contribution is -0.0693. The zero-order valence-electron chi connectivity index (χ0n) is 5.68. The van der Waals surface area contributed by atoms with Crippen molar-refractivity contribution < 1.29 is 5.21 Å². The summed E-state index contributed by atoms with van der Waals surface area (Å²) in [4.78, 5) is 0. The maximum Gasteiger partial charge on any atom is 0.0386 e. The standard InChI is InChI=1S/C5H14N2O/c1-5(6-2)4-7(3)8/h5-6,8H,4H2,1-3H3. The largest absolute Gasteiger partial charge is 0.316 e. The predicted molar refractivity (Wildman–Crippen MR) is 32.9 cm³/mol. The Labute approximate surface area is 50.3 Å². The van der Waals surface area contributed by atoms with Gasteiger partial charge in [-0.2, -0.15) is 5.06 Å². The molecule has 0 aliphatic heterocycles. The Kier molecular flexibility index (Phi) is 3.77. The highest BCUT2D eigenvalue weighted by Gasteiger charge is 1.98. The fourth-order valence-corrected chi connectivity index (χ4v) is 0.488. The molecule has 0 aromatic rings. The van der Waals surface area contributed by atoms with Gasteiger partial charge in [0.1, 0.15) is 0 Å². The molecule has 0 heterocycles. The Morgan fingerprint density at radius 2 is 2.25 bits per heavy atom. The summed E-state index contributed by atoms with van der Waals surface area (Å²) >= 11 is 0. The molecule has 3 nitrogen and oxygen atoms in total. The maximum absolute atomic E-state index is 8.65. The van der Waals surface area contributed by atoms with Crippen LogP contribution in [0.25, 0.3) is 0 Å². The zero-order chi connectivity index (χ0) is 6.57. The molecular weight excluding hydrogens is 104 g/mol. The lowest BCUT2D eigenvalue weighted by atomic mass is 10.3. The molecule has 1 unspecified atom stereocenters. The molecule has 3 heteroatoms. The normalized spacial score (nSPS) is 14.6. The van der Waals surface area contributed by atoms with Gasteiger partial charge in [-0.05, 0) is 14.0 Å². The lowest BCUT2D eigenvalue weighted by Crippen LogP contribution is -2.33. The summed E-state index contributed by atoms with van der Waals surface area (Å²) in [6, 6.07) is 0.352. The van der Waals surface area contributed by atoms with Crippen molar-refractivity contribution in [3.8, 4) is 0 Å². The lowest BCUT2D eigenvalue weighted by Gasteiger charge is -2.13. The van der Waals surface area contributed by atoms with Gasteiger partial charge in [0, 0.05) is 19.6 Å². The number of rotatable bonds is 3. The average Bonchev–Trinajstić information content (AvgIpc) is 1.65. The van der Waals surface area contributed by atoms with Crippen LogP contribution >= 0.6 is 0 Å². The van der Waals surface area contributed by atoms with Gasteiger partial charge >= 0.3 is 0 Å². The van der Waals surface area contributed by atoms with Gasteiger partial charge in [0.05, 0.1) is 0 Å². The molecule has 0 fully saturated rings. The summed E-state index contributed by atoms with van der Waals surface area (Å²) in [6.07, 6.45) is 0. The first-order valence-corrected chi connectivity index (χ1v) is 2.74. The van der Waals surface area contributed by atoms with Gasteiger partial charge in [-0.1, -0.05) is 0 Å². The van der Waals surface area contributed by atoms with E-state index in [4.69, 9.17) is 5.21 Å². The van der Waals surface area contributed by atoms with Crippen LogP contribution in [0.2, 0.25) is 0 Å². The fourth-order valence-electron chi connectivity index (χ4n) is 0.488. The monoisotopic (exact) mass is 118 g/mol. The predicted octanol–water partition coefficient (Wildman–Crippen LogP) is -0.0847. The van der Waals surface area contributed by atoms with Crippen LogP contribution in [-0.4, -0.2) is 37.0 Å². The van der Waals surface area contributed by atoms with Gasteiger partial charge in [-0.15, -0.1) is 0 Å². The maximum atomic E-state index is 8.65. The van der Waals surface area contributed by atoms with Gasteiger partial charge in [0.2, 0.25) is 0 Å². The van der Waals surface area contributed by atoms with Gasteiger partial charge in [0.15, 0.2) is 0 Å². The van der Waals surface area contributed by atoms with E-state index < -0.39 is 0 Å². The third kappa shape index (κ3) is 4.05. The number of nitrogens with zero attached hydrogens (tertiary/aromatic N) is 1. The van der Waals surface area contributed by atoms with Crippen LogP contribution in [-0.2, 0) is 0 Å². The molecule has 0 aromatic heterocycles. The van der Waals surface area contributed by atoms with Crippen molar-refractivity contribution in [1.82, 2.24) is 10.4 Å². The summed E-state index contributed by atoms with van der Waals surface area (Å²) < 4.78 is 0. The molecular formula is C5H14N2O. The third-order valence-corrected chi connectivity index (χ3v) is 1.03. The quantitative estimate of drug-likeness (QED) is 0.509. The molecule has 8 heavy (non-hydrogen) atoms. The van der Waals surface area contributed by atoms with Crippen LogP contribution in [0.15, 0.2) is 0 Å². The number of nitrogens with one attached hydrogen (secondary N) is 1. The van der Waals surface area contributed by atoms with Crippen LogP contribution < -0.4 is 5.32 Å². The Bertz CT molecular complexity index is 56.4. The fraction of sp³-hybridized carbons (Fsp3) is 1.00. The number of hydrogen-bond donors (Lipinski definition) is 2. The van der Waals surface area contributed by atoms with Gasteiger partial charge in [0.25, 0.3) is 0 Å². The van der Waals surface area contributed by atoms with E-state index in [9.17, 15) is 0 Å². The third-order valence-electron chi connectivity index (χ3n) is 1.03. The van der Waals surface area contributed by atoms with Crippen molar-refractivity contribution in [2.45, 2.75) is 13.0 Å². The van der Waals surface area contributed by atoms with Crippen molar-refractivity contribution >= 4 is 0 Å². The van der Waals surface area contributed by atoms with Crippen molar-refractivity contribution in [2.24, 2.45) is 0 Å². The Hall–Kier alpha value is -0.120. The minimum atomic E-state index is 0.352. The Morgan fingerprint density at radius 3 is 2.38 bits per heavy atom. The SMILES string of the molecule is CNC(C)CN(C)O. The van der Waals surface area contributed by atoms with Crippen LogP contribution in [0.1, 0.15) is 6.92 Å². The summed E-state index contributed by atoms with van der Waals surface area (Å²) in [5.74, 6) is 0. The van der Waals surface area contributed by atoms with E-state index >= 15 is 0 Å². The first kappa shape index (κ1) is 7.88. The van der Waals surface area contributed by atoms with Crippen molar-refractivity contribution in [3.63, 3.8) is 0 Å². The first-order chi connectivity index (χ1) is 3.66. The Morgan fingerprint density at radius 1 is 1.75 bits per heavy atom. The summed E-state index contributed by atoms with van der Waals surface area (Å²) in [5, 5.41) is 12.8. The smallest absolute Gasteiger partial charge is 0.0386 e. The minimum absolute atomic E-state index is 0.352. The molecule has 0 amide bonds. The minimum Gasteiger partial charge on any atom is -0.316 e. The average molecular weight is 118 g/mol. The highest BCUT2D eigenvalue weighted by Crippen LogP contribution is 1.80. The van der Waals surface area contributed by atoms with E-state index in [0.29, 0.717) is 12.6 Å². The van der Waals surface area contributed by atoms with Gasteiger partial charge in [-0.3, -0.25) is 0 Å². The van der Waals surface area contributed by atoms with E-state index in [-0.39, 0.29) is 0 Å². The topological polar surface area (TPSA) is 35.5 Å². The first-order valence-electron chi connectivity index (χ1n) is 2.74. The molecule has 0 saturated heterocycles. The summed E-state index contributed by atoms with van der Waals surface area (Å²) in [6.45, 7) is 2.67. The molecule has 0 aliphatic rings. The number of likely N-dealkylation sites (N-methyl/N-ethyl adjacent to an activating group) is 2. The van der Waals surface area contributed by atoms with Crippen molar-refractivity contribution in [3.05, 3.63) is 0 Å². The molecule has 0 saturated carbocycles. The second-order valence-corrected chi connectivity index (χ2v) is 2.03. The van der Waals surface area contributed by atoms with Gasteiger partial charge in [-0.25, -0.2) is 0 Å². The molecule has 0 radical (unpaired) electrons. The van der Waals surface area contributed by atoms with E-state index in [1.54, 1.807) is 7.05 Å². The van der Waals surface area contributed by atoms with Gasteiger partial charge < -0.3 is 10.5 Å². The summed E-state index contributed by atoms with van der Waals surface area (Å²) in [5.41, 5.74) is 0. The van der Waals surface area contributed by atoms with Crippen LogP contribution in [0.3, 0.4) is 0 Å². The molecule has 2 N–H and O–H groups in total. The van der Waals surface area contributed by atoms with Crippen molar-refractivity contribution in [2.75, 3.05) is 20.6 Å². The van der Waals surface area contributed by atoms with Crippen LogP contribution in [0.4, 0.5) is 0 Å². The van der Waals surface area contributed by atoms with E-state index in [2.05, 4.69) is 5.32 Å². The van der Waals surface area contributed by atoms with E-state index in [1.165, 1.54) is 5.06 Å². The zero-order valence-corrected chi connectivity index (χ0v) is 5.68. The molecule has 0 rings (SSSR count). The van der Waals surface area contributed by atoms with Crippen molar-refractivity contribution in [1.29, 1.82) is 0 Å².